The van der Waals surface area contributed by atoms with Crippen LogP contribution >= 0.6 is 0 Å². The molecule has 1 aromatic heterocycles. The summed E-state index contributed by atoms with van der Waals surface area (Å²) in [5, 5.41) is 11.3. The maximum Gasteiger partial charge on any atom is 0.404 e. The summed E-state index contributed by atoms with van der Waals surface area (Å²) in [6.45, 7) is 6.24. The van der Waals surface area contributed by atoms with Gasteiger partial charge < -0.3 is 20.2 Å². The molecular formula is C28H38N4O3. The van der Waals surface area contributed by atoms with Crippen molar-refractivity contribution >= 4 is 23.5 Å². The van der Waals surface area contributed by atoms with Gasteiger partial charge in [0.05, 0.1) is 11.9 Å². The first kappa shape index (κ1) is 25.0. The van der Waals surface area contributed by atoms with Crippen molar-refractivity contribution in [2.75, 3.05) is 29.4 Å². The van der Waals surface area contributed by atoms with Crippen LogP contribution in [0.15, 0.2) is 42.6 Å². The summed E-state index contributed by atoms with van der Waals surface area (Å²) in [5.74, 6) is 1.77. The fraction of sp³-hybridized carbons (Fsp3) is 0.536. The van der Waals surface area contributed by atoms with Gasteiger partial charge in [-0.3, -0.25) is 4.79 Å². The molecule has 2 fully saturated rings. The second-order valence-corrected chi connectivity index (χ2v) is 10.1. The highest BCUT2D eigenvalue weighted by Crippen LogP contribution is 2.33. The number of carbonyl (C=O) groups is 2. The van der Waals surface area contributed by atoms with Crippen LogP contribution in [0.4, 0.5) is 16.3 Å². The zero-order valence-corrected chi connectivity index (χ0v) is 20.9. The molecule has 2 unspecified atom stereocenters. The molecule has 4 rings (SSSR count). The fourth-order valence-electron chi connectivity index (χ4n) is 5.37. The maximum absolute atomic E-state index is 13.6. The third-order valence-corrected chi connectivity index (χ3v) is 7.65. The number of hydrogen-bond acceptors (Lipinski definition) is 4. The van der Waals surface area contributed by atoms with Gasteiger partial charge in [-0.1, -0.05) is 38.3 Å². The van der Waals surface area contributed by atoms with E-state index in [0.29, 0.717) is 18.0 Å². The molecule has 2 heterocycles. The number of pyridine rings is 1. The minimum Gasteiger partial charge on any atom is -0.465 e. The number of nitrogens with zero attached hydrogens (tertiary/aromatic N) is 3. The van der Waals surface area contributed by atoms with E-state index in [0.717, 1.165) is 37.4 Å². The lowest BCUT2D eigenvalue weighted by atomic mass is 9.84. The molecule has 2 atom stereocenters. The molecule has 1 aliphatic heterocycles. The van der Waals surface area contributed by atoms with E-state index < -0.39 is 6.09 Å². The first-order valence-electron chi connectivity index (χ1n) is 13.1. The average molecular weight is 479 g/mol. The Bertz CT molecular complexity index is 986. The second kappa shape index (κ2) is 11.6. The Kier molecular flexibility index (Phi) is 8.26. The standard InChI is InChI=1S/C28H38N4O3/c1-3-20(2)32(27(33)24-11-9-23(10-12-24)22-7-5-4-6-8-22)25-13-14-26(29-18-25)31-16-15-21(19-31)17-30-28(34)35/h9-14,18,20-22,30H,3-8,15-17,19H2,1-2H3,(H,34,35). The highest BCUT2D eigenvalue weighted by atomic mass is 16.4. The van der Waals surface area contributed by atoms with Crippen LogP contribution < -0.4 is 15.1 Å². The Morgan fingerprint density at radius 3 is 2.49 bits per heavy atom. The molecular weight excluding hydrogens is 440 g/mol. The van der Waals surface area contributed by atoms with Gasteiger partial charge in [0, 0.05) is 31.2 Å². The number of anilines is 2. The van der Waals surface area contributed by atoms with Crippen molar-refractivity contribution in [3.05, 3.63) is 53.7 Å². The van der Waals surface area contributed by atoms with Crippen molar-refractivity contribution in [2.24, 2.45) is 5.92 Å². The number of benzene rings is 1. The number of hydrogen-bond donors (Lipinski definition) is 2. The molecule has 35 heavy (non-hydrogen) atoms. The monoisotopic (exact) mass is 478 g/mol. The van der Waals surface area contributed by atoms with E-state index in [1.807, 2.05) is 29.2 Å². The third kappa shape index (κ3) is 6.13. The number of carbonyl (C=O) groups excluding carboxylic acids is 1. The van der Waals surface area contributed by atoms with Crippen molar-refractivity contribution in [1.82, 2.24) is 10.3 Å². The first-order valence-corrected chi connectivity index (χ1v) is 13.1. The summed E-state index contributed by atoms with van der Waals surface area (Å²) >= 11 is 0. The van der Waals surface area contributed by atoms with Crippen LogP contribution in [0.5, 0.6) is 0 Å². The van der Waals surface area contributed by atoms with Gasteiger partial charge >= 0.3 is 6.09 Å². The lowest BCUT2D eigenvalue weighted by Gasteiger charge is -2.29. The molecule has 1 aliphatic carbocycles. The third-order valence-electron chi connectivity index (χ3n) is 7.65. The van der Waals surface area contributed by atoms with Crippen molar-refractivity contribution in [3.8, 4) is 0 Å². The first-order chi connectivity index (χ1) is 17.0. The molecule has 2 amide bonds. The smallest absolute Gasteiger partial charge is 0.404 e. The summed E-state index contributed by atoms with van der Waals surface area (Å²) in [6.07, 6.45) is 9.01. The quantitative estimate of drug-likeness (QED) is 0.511. The Balaban J connectivity index is 1.45. The Hall–Kier alpha value is -3.09. The van der Waals surface area contributed by atoms with Gasteiger partial charge in [0.25, 0.3) is 5.91 Å². The summed E-state index contributed by atoms with van der Waals surface area (Å²) in [5.41, 5.74) is 2.86. The molecule has 0 spiro atoms. The van der Waals surface area contributed by atoms with E-state index in [2.05, 4.69) is 41.2 Å². The lowest BCUT2D eigenvalue weighted by Crippen LogP contribution is -2.38. The molecule has 2 aliphatic rings. The van der Waals surface area contributed by atoms with Crippen LogP contribution in [-0.4, -0.2) is 47.8 Å². The molecule has 188 valence electrons. The summed E-state index contributed by atoms with van der Waals surface area (Å²) < 4.78 is 0. The SMILES string of the molecule is CCC(C)N(C(=O)c1ccc(C2CCCCC2)cc1)c1ccc(N2CCC(CNC(=O)O)C2)nc1. The molecule has 0 radical (unpaired) electrons. The molecule has 1 saturated carbocycles. The minimum atomic E-state index is -0.982. The number of amides is 2. The topological polar surface area (TPSA) is 85.8 Å². The number of rotatable bonds is 8. The van der Waals surface area contributed by atoms with E-state index in [4.69, 9.17) is 5.11 Å². The van der Waals surface area contributed by atoms with E-state index in [1.54, 1.807) is 6.20 Å². The molecule has 1 saturated heterocycles. The van der Waals surface area contributed by atoms with Gasteiger partial charge in [-0.25, -0.2) is 9.78 Å². The summed E-state index contributed by atoms with van der Waals surface area (Å²) in [6, 6.07) is 12.2. The second-order valence-electron chi connectivity index (χ2n) is 10.1. The van der Waals surface area contributed by atoms with Crippen LogP contribution in [0.2, 0.25) is 0 Å². The van der Waals surface area contributed by atoms with Crippen molar-refractivity contribution < 1.29 is 14.7 Å². The van der Waals surface area contributed by atoms with Gasteiger partial charge in [-0.05, 0) is 74.3 Å². The maximum atomic E-state index is 13.6. The van der Waals surface area contributed by atoms with Crippen LogP contribution in [0.3, 0.4) is 0 Å². The molecule has 2 aromatic rings. The highest BCUT2D eigenvalue weighted by molar-refractivity contribution is 6.06. The van der Waals surface area contributed by atoms with Crippen molar-refractivity contribution in [3.63, 3.8) is 0 Å². The van der Waals surface area contributed by atoms with Crippen LogP contribution in [0, 0.1) is 5.92 Å². The predicted molar refractivity (Wildman–Crippen MR) is 139 cm³/mol. The van der Waals surface area contributed by atoms with Gasteiger partial charge in [0.1, 0.15) is 5.82 Å². The summed E-state index contributed by atoms with van der Waals surface area (Å²) in [4.78, 5) is 33.1. The molecule has 7 heteroatoms. The molecule has 0 bridgehead atoms. The highest BCUT2D eigenvalue weighted by Gasteiger charge is 2.26. The fourth-order valence-corrected chi connectivity index (χ4v) is 5.37. The average Bonchev–Trinajstić information content (AvgIpc) is 3.37. The van der Waals surface area contributed by atoms with Gasteiger partial charge in [-0.2, -0.15) is 0 Å². The molecule has 7 nitrogen and oxygen atoms in total. The molecule has 2 N–H and O–H groups in total. The normalized spacial score (nSPS) is 19.4. The van der Waals surface area contributed by atoms with E-state index in [9.17, 15) is 9.59 Å². The number of carboxylic acid groups (broad SMARTS) is 1. The largest absolute Gasteiger partial charge is 0.465 e. The van der Waals surface area contributed by atoms with E-state index in [1.165, 1.54) is 37.7 Å². The number of nitrogens with one attached hydrogen (secondary N) is 1. The van der Waals surface area contributed by atoms with Gasteiger partial charge in [0.2, 0.25) is 0 Å². The van der Waals surface area contributed by atoms with Crippen molar-refractivity contribution in [2.45, 2.75) is 70.8 Å². The Morgan fingerprint density at radius 1 is 1.11 bits per heavy atom. The van der Waals surface area contributed by atoms with Crippen LogP contribution in [0.1, 0.15) is 80.6 Å². The predicted octanol–water partition coefficient (Wildman–Crippen LogP) is 5.67. The van der Waals surface area contributed by atoms with E-state index in [-0.39, 0.29) is 17.9 Å². The lowest BCUT2D eigenvalue weighted by molar-refractivity contribution is 0.0977. The van der Waals surface area contributed by atoms with Crippen LogP contribution in [0.25, 0.3) is 0 Å². The van der Waals surface area contributed by atoms with Gasteiger partial charge in [-0.15, -0.1) is 0 Å². The number of aromatic nitrogens is 1. The van der Waals surface area contributed by atoms with Crippen molar-refractivity contribution in [1.29, 1.82) is 0 Å². The summed E-state index contributed by atoms with van der Waals surface area (Å²) in [7, 11) is 0. The van der Waals surface area contributed by atoms with Crippen LogP contribution in [-0.2, 0) is 0 Å². The zero-order valence-electron chi connectivity index (χ0n) is 20.9. The zero-order chi connectivity index (χ0) is 24.8. The minimum absolute atomic E-state index is 0.00470. The Labute approximate surface area is 208 Å². The van der Waals surface area contributed by atoms with E-state index >= 15 is 0 Å². The molecule has 1 aromatic carbocycles. The Morgan fingerprint density at radius 2 is 1.86 bits per heavy atom. The van der Waals surface area contributed by atoms with Gasteiger partial charge in [0.15, 0.2) is 0 Å².